The average molecular weight is 407 g/mol. The van der Waals surface area contributed by atoms with E-state index in [9.17, 15) is 4.79 Å². The Labute approximate surface area is 173 Å². The number of carbonyl (C=O) groups is 1. The fourth-order valence-corrected chi connectivity index (χ4v) is 3.84. The monoisotopic (exact) mass is 406 g/mol. The van der Waals surface area contributed by atoms with Crippen LogP contribution in [-0.4, -0.2) is 11.0 Å². The van der Waals surface area contributed by atoms with Crippen molar-refractivity contribution in [3.63, 3.8) is 0 Å². The second kappa shape index (κ2) is 8.50. The molecular weight excluding hydrogens is 388 g/mol. The number of rotatable bonds is 4. The van der Waals surface area contributed by atoms with E-state index in [0.29, 0.717) is 22.8 Å². The largest absolute Gasteiger partial charge is 0.424 e. The molecule has 29 heavy (non-hydrogen) atoms. The fourth-order valence-electron chi connectivity index (χ4n) is 3.68. The molecule has 0 atom stereocenters. The van der Waals surface area contributed by atoms with Gasteiger partial charge in [0, 0.05) is 5.56 Å². The van der Waals surface area contributed by atoms with Crippen molar-refractivity contribution in [1.82, 2.24) is 4.98 Å². The first-order valence-electron chi connectivity index (χ1n) is 9.63. The van der Waals surface area contributed by atoms with Gasteiger partial charge in [-0.3, -0.25) is 0 Å². The standard InChI is InChI=1S/C23H19ClN2O3/c24-21-20(14-25)29-22(26-21)17-7-4-8-18(13-17)23(27)28-19-11-9-16(10-12-19)15-5-2-1-3-6-15/h4,7-13,15H,1-3,5-6H2. The number of hydrogen-bond acceptors (Lipinski definition) is 5. The van der Waals surface area contributed by atoms with Crippen LogP contribution >= 0.6 is 11.6 Å². The van der Waals surface area contributed by atoms with Crippen molar-refractivity contribution >= 4 is 17.6 Å². The third-order valence-electron chi connectivity index (χ3n) is 5.20. The van der Waals surface area contributed by atoms with Crippen LogP contribution in [0.5, 0.6) is 5.75 Å². The second-order valence-corrected chi connectivity index (χ2v) is 7.48. The number of oxazole rings is 1. The van der Waals surface area contributed by atoms with Crippen LogP contribution in [0.2, 0.25) is 5.15 Å². The van der Waals surface area contributed by atoms with Crippen molar-refractivity contribution in [2.45, 2.75) is 38.0 Å². The molecular formula is C23H19ClN2O3. The molecule has 146 valence electrons. The van der Waals surface area contributed by atoms with Crippen LogP contribution in [0.4, 0.5) is 0 Å². The SMILES string of the molecule is N#Cc1oc(-c2cccc(C(=O)Oc3ccc(C4CCCCC4)cc3)c2)nc1Cl. The Morgan fingerprint density at radius 3 is 2.59 bits per heavy atom. The molecule has 0 aliphatic heterocycles. The smallest absolute Gasteiger partial charge is 0.343 e. The lowest BCUT2D eigenvalue weighted by Gasteiger charge is -2.22. The minimum absolute atomic E-state index is 0.00599. The van der Waals surface area contributed by atoms with Crippen LogP contribution in [0.25, 0.3) is 11.5 Å². The van der Waals surface area contributed by atoms with Crippen LogP contribution in [-0.2, 0) is 0 Å². The molecule has 0 radical (unpaired) electrons. The maximum atomic E-state index is 12.6. The summed E-state index contributed by atoms with van der Waals surface area (Å²) in [5.41, 5.74) is 2.20. The number of carbonyl (C=O) groups excluding carboxylic acids is 1. The molecule has 4 rings (SSSR count). The lowest BCUT2D eigenvalue weighted by molar-refractivity contribution is 0.0735. The van der Waals surface area contributed by atoms with Crippen LogP contribution in [0.15, 0.2) is 52.9 Å². The number of halogens is 1. The van der Waals surface area contributed by atoms with Crippen LogP contribution in [0.1, 0.15) is 59.7 Å². The minimum Gasteiger partial charge on any atom is -0.424 e. The van der Waals surface area contributed by atoms with Gasteiger partial charge < -0.3 is 9.15 Å². The molecule has 1 saturated carbocycles. The lowest BCUT2D eigenvalue weighted by atomic mass is 9.84. The summed E-state index contributed by atoms with van der Waals surface area (Å²) >= 11 is 5.85. The topological polar surface area (TPSA) is 76.1 Å². The minimum atomic E-state index is -0.476. The molecule has 0 amide bonds. The van der Waals surface area contributed by atoms with E-state index < -0.39 is 5.97 Å². The molecule has 1 heterocycles. The van der Waals surface area contributed by atoms with Gasteiger partial charge >= 0.3 is 5.97 Å². The van der Waals surface area contributed by atoms with Gasteiger partial charge in [-0.05, 0) is 54.7 Å². The van der Waals surface area contributed by atoms with Crippen molar-refractivity contribution in [2.24, 2.45) is 0 Å². The predicted octanol–water partition coefficient (Wildman–Crippen LogP) is 6.13. The Kier molecular flexibility index (Phi) is 5.64. The summed E-state index contributed by atoms with van der Waals surface area (Å²) in [6, 6.07) is 16.3. The average Bonchev–Trinajstić information content (AvgIpc) is 3.16. The number of benzene rings is 2. The van der Waals surface area contributed by atoms with Crippen LogP contribution < -0.4 is 4.74 Å². The molecule has 0 spiro atoms. The molecule has 6 heteroatoms. The molecule has 2 aromatic carbocycles. The molecule has 1 fully saturated rings. The third kappa shape index (κ3) is 4.33. The van der Waals surface area contributed by atoms with E-state index in [1.165, 1.54) is 37.7 Å². The van der Waals surface area contributed by atoms with Crippen molar-refractivity contribution in [2.75, 3.05) is 0 Å². The molecule has 1 aliphatic rings. The maximum absolute atomic E-state index is 12.6. The van der Waals surface area contributed by atoms with Gasteiger partial charge in [-0.25, -0.2) is 4.79 Å². The highest BCUT2D eigenvalue weighted by atomic mass is 35.5. The van der Waals surface area contributed by atoms with Gasteiger partial charge in [0.15, 0.2) is 5.15 Å². The number of nitrogens with zero attached hydrogens (tertiary/aromatic N) is 2. The highest BCUT2D eigenvalue weighted by Crippen LogP contribution is 2.33. The summed E-state index contributed by atoms with van der Waals surface area (Å²) in [5, 5.41) is 8.94. The van der Waals surface area contributed by atoms with E-state index >= 15 is 0 Å². The Morgan fingerprint density at radius 1 is 1.14 bits per heavy atom. The first-order chi connectivity index (χ1) is 14.1. The second-order valence-electron chi connectivity index (χ2n) is 7.13. The van der Waals surface area contributed by atoms with Gasteiger partial charge in [0.2, 0.25) is 11.7 Å². The number of ether oxygens (including phenoxy) is 1. The van der Waals surface area contributed by atoms with E-state index in [4.69, 9.17) is 26.0 Å². The lowest BCUT2D eigenvalue weighted by Crippen LogP contribution is -2.09. The Hall–Kier alpha value is -3.10. The predicted molar refractivity (Wildman–Crippen MR) is 109 cm³/mol. The van der Waals surface area contributed by atoms with Crippen molar-refractivity contribution in [1.29, 1.82) is 5.26 Å². The van der Waals surface area contributed by atoms with Gasteiger partial charge in [0.05, 0.1) is 5.56 Å². The zero-order valence-corrected chi connectivity index (χ0v) is 16.5. The van der Waals surface area contributed by atoms with E-state index in [1.807, 2.05) is 30.3 Å². The van der Waals surface area contributed by atoms with Crippen molar-refractivity contribution in [3.8, 4) is 23.3 Å². The van der Waals surface area contributed by atoms with E-state index in [-0.39, 0.29) is 16.8 Å². The van der Waals surface area contributed by atoms with Crippen LogP contribution in [0.3, 0.4) is 0 Å². The summed E-state index contributed by atoms with van der Waals surface area (Å²) < 4.78 is 10.8. The normalized spacial score (nSPS) is 14.3. The van der Waals surface area contributed by atoms with Gasteiger partial charge in [-0.15, -0.1) is 0 Å². The van der Waals surface area contributed by atoms with Gasteiger partial charge in [-0.1, -0.05) is 49.1 Å². The van der Waals surface area contributed by atoms with E-state index in [2.05, 4.69) is 4.98 Å². The fraction of sp³-hybridized carbons (Fsp3) is 0.261. The summed E-state index contributed by atoms with van der Waals surface area (Å²) in [6.07, 6.45) is 6.34. The van der Waals surface area contributed by atoms with Crippen LogP contribution in [0, 0.1) is 11.3 Å². The molecule has 0 saturated heterocycles. The number of esters is 1. The molecule has 1 aliphatic carbocycles. The van der Waals surface area contributed by atoms with Gasteiger partial charge in [0.25, 0.3) is 0 Å². The first kappa shape index (κ1) is 19.2. The highest BCUT2D eigenvalue weighted by Gasteiger charge is 2.17. The Balaban J connectivity index is 1.47. The quantitative estimate of drug-likeness (QED) is 0.384. The third-order valence-corrected chi connectivity index (χ3v) is 5.46. The number of hydrogen-bond donors (Lipinski definition) is 0. The summed E-state index contributed by atoms with van der Waals surface area (Å²) in [5.74, 6) is 0.753. The highest BCUT2D eigenvalue weighted by molar-refractivity contribution is 6.30. The number of nitriles is 1. The molecule has 0 N–H and O–H groups in total. The molecule has 5 nitrogen and oxygen atoms in total. The Bertz CT molecular complexity index is 1060. The summed E-state index contributed by atoms with van der Waals surface area (Å²) in [7, 11) is 0. The van der Waals surface area contributed by atoms with E-state index in [0.717, 1.165) is 0 Å². The van der Waals surface area contributed by atoms with Crippen molar-refractivity contribution in [3.05, 3.63) is 70.6 Å². The van der Waals surface area contributed by atoms with E-state index in [1.54, 1.807) is 24.3 Å². The maximum Gasteiger partial charge on any atom is 0.343 e. The zero-order chi connectivity index (χ0) is 20.2. The number of aromatic nitrogens is 1. The first-order valence-corrected chi connectivity index (χ1v) is 10.0. The van der Waals surface area contributed by atoms with Crippen molar-refractivity contribution < 1.29 is 13.9 Å². The zero-order valence-electron chi connectivity index (χ0n) is 15.7. The summed E-state index contributed by atoms with van der Waals surface area (Å²) in [6.45, 7) is 0. The van der Waals surface area contributed by atoms with Gasteiger partial charge in [0.1, 0.15) is 11.8 Å². The molecule has 1 aromatic heterocycles. The molecule has 3 aromatic rings. The Morgan fingerprint density at radius 2 is 1.90 bits per heavy atom. The molecule has 0 unspecified atom stereocenters. The molecule has 0 bridgehead atoms. The van der Waals surface area contributed by atoms with Gasteiger partial charge in [-0.2, -0.15) is 10.2 Å². The summed E-state index contributed by atoms with van der Waals surface area (Å²) in [4.78, 5) is 16.6.